The van der Waals surface area contributed by atoms with Crippen LogP contribution in [0, 0.1) is 6.92 Å². The van der Waals surface area contributed by atoms with Gasteiger partial charge >= 0.3 is 0 Å². The van der Waals surface area contributed by atoms with Crippen molar-refractivity contribution < 1.29 is 14.1 Å². The molecule has 2 amide bonds. The number of hydrogen-bond acceptors (Lipinski definition) is 5. The molecule has 1 atom stereocenters. The van der Waals surface area contributed by atoms with Crippen molar-refractivity contribution in [3.05, 3.63) is 59.9 Å². The number of hydrogen-bond donors (Lipinski definition) is 2. The summed E-state index contributed by atoms with van der Waals surface area (Å²) in [5.41, 5.74) is 1.06. The summed E-state index contributed by atoms with van der Waals surface area (Å²) in [4.78, 5) is 26.1. The summed E-state index contributed by atoms with van der Waals surface area (Å²) in [6.07, 6.45) is 0. The van der Waals surface area contributed by atoms with E-state index in [2.05, 4.69) is 34.0 Å². The Morgan fingerprint density at radius 1 is 1.11 bits per heavy atom. The number of aromatic nitrogens is 1. The number of carbonyl (C=O) groups excluding carboxylic acids is 2. The molecule has 0 radical (unpaired) electrons. The van der Waals surface area contributed by atoms with Crippen LogP contribution in [0.15, 0.2) is 53.1 Å². The average Bonchev–Trinajstić information content (AvgIpc) is 3.05. The molecule has 1 heterocycles. The van der Waals surface area contributed by atoms with Crippen molar-refractivity contribution in [2.75, 3.05) is 25.5 Å². The maximum absolute atomic E-state index is 12.4. The molecule has 0 aliphatic carbocycles. The summed E-state index contributed by atoms with van der Waals surface area (Å²) in [7, 11) is 1.72. The first-order valence-corrected chi connectivity index (χ1v) is 9.11. The second-order valence-corrected chi connectivity index (χ2v) is 6.90. The Morgan fingerprint density at radius 3 is 2.57 bits per heavy atom. The van der Waals surface area contributed by atoms with Crippen LogP contribution < -0.4 is 10.6 Å². The Balaban J connectivity index is 1.53. The number of aryl methyl sites for hydroxylation is 1. The zero-order valence-corrected chi connectivity index (χ0v) is 16.2. The van der Waals surface area contributed by atoms with E-state index in [1.807, 2.05) is 31.2 Å². The van der Waals surface area contributed by atoms with Gasteiger partial charge in [0.25, 0.3) is 0 Å². The Bertz CT molecular complexity index is 977. The maximum Gasteiger partial charge on any atom is 0.239 e. The van der Waals surface area contributed by atoms with Crippen molar-refractivity contribution in [3.8, 4) is 0 Å². The molecule has 2 N–H and O–H groups in total. The van der Waals surface area contributed by atoms with E-state index in [1.165, 1.54) is 0 Å². The van der Waals surface area contributed by atoms with Gasteiger partial charge in [-0.15, -0.1) is 0 Å². The number of benzene rings is 2. The lowest BCUT2D eigenvalue weighted by Gasteiger charge is -2.20. The number of likely N-dealkylation sites (N-methyl/N-ethyl adjacent to an activating group) is 1. The van der Waals surface area contributed by atoms with Gasteiger partial charge in [-0.1, -0.05) is 47.6 Å². The van der Waals surface area contributed by atoms with E-state index < -0.39 is 0 Å². The lowest BCUT2D eigenvalue weighted by atomic mass is 10.00. The summed E-state index contributed by atoms with van der Waals surface area (Å²) in [5, 5.41) is 11.6. The van der Waals surface area contributed by atoms with Gasteiger partial charge in [0.2, 0.25) is 11.8 Å². The van der Waals surface area contributed by atoms with Gasteiger partial charge in [0.1, 0.15) is 5.76 Å². The van der Waals surface area contributed by atoms with Crippen molar-refractivity contribution in [2.24, 2.45) is 0 Å². The summed E-state index contributed by atoms with van der Waals surface area (Å²) in [6, 6.07) is 15.6. The zero-order valence-electron chi connectivity index (χ0n) is 16.2. The fourth-order valence-electron chi connectivity index (χ4n) is 3.15. The number of amides is 2. The van der Waals surface area contributed by atoms with Gasteiger partial charge in [-0.25, -0.2) is 0 Å². The Labute approximate surface area is 163 Å². The van der Waals surface area contributed by atoms with Crippen molar-refractivity contribution in [1.82, 2.24) is 15.4 Å². The smallest absolute Gasteiger partial charge is 0.239 e. The maximum atomic E-state index is 12.4. The molecule has 0 bridgehead atoms. The number of nitrogens with one attached hydrogen (secondary N) is 2. The van der Waals surface area contributed by atoms with Crippen molar-refractivity contribution in [3.63, 3.8) is 0 Å². The lowest BCUT2D eigenvalue weighted by Crippen LogP contribution is -2.39. The minimum absolute atomic E-state index is 0.0714. The molecule has 28 heavy (non-hydrogen) atoms. The topological polar surface area (TPSA) is 87.5 Å². The van der Waals surface area contributed by atoms with E-state index in [1.54, 1.807) is 24.9 Å². The fraction of sp³-hybridized carbons (Fsp3) is 0.286. The highest BCUT2D eigenvalue weighted by molar-refractivity contribution is 5.92. The molecule has 0 aliphatic rings. The zero-order chi connectivity index (χ0) is 20.1. The van der Waals surface area contributed by atoms with Gasteiger partial charge < -0.3 is 15.2 Å². The second kappa shape index (κ2) is 8.67. The van der Waals surface area contributed by atoms with Crippen LogP contribution in [-0.2, 0) is 9.59 Å². The minimum atomic E-state index is -0.259. The van der Waals surface area contributed by atoms with Crippen LogP contribution in [-0.4, -0.2) is 42.0 Å². The Hall–Kier alpha value is -3.19. The third kappa shape index (κ3) is 4.95. The number of carbonyl (C=O) groups is 2. The monoisotopic (exact) mass is 380 g/mol. The average molecular weight is 380 g/mol. The Morgan fingerprint density at radius 2 is 1.82 bits per heavy atom. The first kappa shape index (κ1) is 19.6. The number of nitrogens with zero attached hydrogens (tertiary/aromatic N) is 2. The van der Waals surface area contributed by atoms with E-state index in [4.69, 9.17) is 4.52 Å². The highest BCUT2D eigenvalue weighted by Gasteiger charge is 2.15. The molecule has 1 unspecified atom stereocenters. The second-order valence-electron chi connectivity index (χ2n) is 6.90. The molecule has 0 saturated carbocycles. The van der Waals surface area contributed by atoms with Gasteiger partial charge in [0, 0.05) is 6.07 Å². The van der Waals surface area contributed by atoms with Gasteiger partial charge in [0.05, 0.1) is 19.1 Å². The lowest BCUT2D eigenvalue weighted by molar-refractivity contribution is -0.123. The van der Waals surface area contributed by atoms with Gasteiger partial charge in [-0.2, -0.15) is 0 Å². The molecule has 1 aromatic heterocycles. The Kier molecular flexibility index (Phi) is 6.06. The van der Waals surface area contributed by atoms with Crippen LogP contribution >= 0.6 is 0 Å². The largest absolute Gasteiger partial charge is 0.360 e. The van der Waals surface area contributed by atoms with E-state index in [0.29, 0.717) is 11.6 Å². The van der Waals surface area contributed by atoms with Crippen molar-refractivity contribution in [1.29, 1.82) is 0 Å². The first-order valence-electron chi connectivity index (χ1n) is 9.11. The van der Waals surface area contributed by atoms with Gasteiger partial charge in [-0.05, 0) is 37.2 Å². The highest BCUT2D eigenvalue weighted by Crippen LogP contribution is 2.23. The van der Waals surface area contributed by atoms with Crippen LogP contribution in [0.4, 0.5) is 5.82 Å². The normalized spacial score (nSPS) is 12.1. The minimum Gasteiger partial charge on any atom is -0.360 e. The molecule has 2 aromatic carbocycles. The third-order valence-electron chi connectivity index (χ3n) is 4.39. The molecule has 3 aromatic rings. The molecule has 7 heteroatoms. The summed E-state index contributed by atoms with van der Waals surface area (Å²) in [5.74, 6) is 0.578. The SMILES string of the molecule is Cc1cc(NC(=O)CN(C)CC(=O)NC(C)c2cccc3ccccc23)no1. The molecular formula is C21H24N4O3. The molecule has 0 aliphatic heterocycles. The molecule has 0 fully saturated rings. The summed E-state index contributed by atoms with van der Waals surface area (Å²) in [6.45, 7) is 3.89. The first-order chi connectivity index (χ1) is 13.4. The van der Waals surface area contributed by atoms with Crippen LogP contribution in [0.5, 0.6) is 0 Å². The van der Waals surface area contributed by atoms with Gasteiger partial charge in [-0.3, -0.25) is 14.5 Å². The molecule has 3 rings (SSSR count). The summed E-state index contributed by atoms with van der Waals surface area (Å²) < 4.78 is 4.91. The molecule has 0 spiro atoms. The molecule has 7 nitrogen and oxygen atoms in total. The van der Waals surface area contributed by atoms with Crippen LogP contribution in [0.3, 0.4) is 0 Å². The molecule has 146 valence electrons. The van der Waals surface area contributed by atoms with Crippen molar-refractivity contribution >= 4 is 28.4 Å². The number of fused-ring (bicyclic) bond motifs is 1. The summed E-state index contributed by atoms with van der Waals surface area (Å²) >= 11 is 0. The van der Waals surface area contributed by atoms with Gasteiger partial charge in [0.15, 0.2) is 5.82 Å². The van der Waals surface area contributed by atoms with Crippen LogP contribution in [0.25, 0.3) is 10.8 Å². The van der Waals surface area contributed by atoms with Crippen LogP contribution in [0.1, 0.15) is 24.3 Å². The van der Waals surface area contributed by atoms with E-state index in [9.17, 15) is 9.59 Å². The third-order valence-corrected chi connectivity index (χ3v) is 4.39. The standard InChI is InChI=1S/C21H24N4O3/c1-14-11-19(24-28-14)23-21(27)13-25(3)12-20(26)22-15(2)17-10-6-8-16-7-4-5-9-18(16)17/h4-11,15H,12-13H2,1-3H3,(H,22,26)(H,23,24,27). The predicted octanol–water partition coefficient (Wildman–Crippen LogP) is 2.88. The number of rotatable bonds is 7. The van der Waals surface area contributed by atoms with Crippen molar-refractivity contribution in [2.45, 2.75) is 19.9 Å². The quantitative estimate of drug-likeness (QED) is 0.658. The molecular weight excluding hydrogens is 356 g/mol. The van der Waals surface area contributed by atoms with E-state index in [0.717, 1.165) is 16.3 Å². The van der Waals surface area contributed by atoms with E-state index >= 15 is 0 Å². The number of anilines is 1. The van der Waals surface area contributed by atoms with Crippen LogP contribution in [0.2, 0.25) is 0 Å². The fourth-order valence-corrected chi connectivity index (χ4v) is 3.15. The van der Waals surface area contributed by atoms with E-state index in [-0.39, 0.29) is 30.9 Å². The predicted molar refractivity (Wildman–Crippen MR) is 108 cm³/mol. The highest BCUT2D eigenvalue weighted by atomic mass is 16.5. The molecule has 0 saturated heterocycles.